The molecule has 15 atom stereocenters. The fourth-order valence-electron chi connectivity index (χ4n) is 11.2. The van der Waals surface area contributed by atoms with Gasteiger partial charge in [-0.3, -0.25) is 71.9 Å². The maximum absolute atomic E-state index is 13.9. The molecule has 103 heavy (non-hydrogen) atoms. The van der Waals surface area contributed by atoms with Gasteiger partial charge in [0, 0.05) is 148 Å². The molecule has 0 saturated carbocycles. The van der Waals surface area contributed by atoms with Crippen LogP contribution in [0.1, 0.15) is 160 Å². The van der Waals surface area contributed by atoms with E-state index in [2.05, 4.69) is 31.9 Å². The van der Waals surface area contributed by atoms with Gasteiger partial charge in [-0.2, -0.15) is 0 Å². The van der Waals surface area contributed by atoms with E-state index in [1.165, 1.54) is 27.7 Å². The van der Waals surface area contributed by atoms with Gasteiger partial charge in [-0.25, -0.2) is 0 Å². The number of hydrogen-bond donors (Lipinski definition) is 6. The smallest absolute Gasteiger partial charge is 0.303 e. The summed E-state index contributed by atoms with van der Waals surface area (Å²) >= 11 is 0. The van der Waals surface area contributed by atoms with Crippen molar-refractivity contribution in [1.29, 1.82) is 0 Å². The number of hydrogen-bond acceptors (Lipinski definition) is 31. The summed E-state index contributed by atoms with van der Waals surface area (Å²) in [7, 11) is 0. The summed E-state index contributed by atoms with van der Waals surface area (Å²) in [5, 5.41) is 17.0. The van der Waals surface area contributed by atoms with E-state index in [4.69, 9.17) is 71.1 Å². The number of ether oxygens (including phenoxy) is 15. The van der Waals surface area contributed by atoms with E-state index in [1.807, 2.05) is 0 Å². The lowest BCUT2D eigenvalue weighted by molar-refractivity contribution is -0.277. The lowest BCUT2D eigenvalue weighted by Crippen LogP contribution is -2.66. The van der Waals surface area contributed by atoms with Crippen LogP contribution in [0.25, 0.3) is 0 Å². The quantitative estimate of drug-likeness (QED) is 0.0250. The topological polar surface area (TPSA) is 470 Å². The molecule has 3 heterocycles. The fraction of sp³-hybridized carbons (Fsp3) is 0.773. The van der Waals surface area contributed by atoms with Gasteiger partial charge in [0.05, 0.1) is 0 Å². The zero-order valence-corrected chi connectivity index (χ0v) is 60.8. The molecule has 3 rings (SSSR count). The lowest BCUT2D eigenvalue weighted by atomic mass is 9.96. The second kappa shape index (κ2) is 47.9. The average Bonchev–Trinajstić information content (AvgIpc) is 0.802. The molecule has 37 heteroatoms. The molecular formula is C66H105N7O30. The van der Waals surface area contributed by atoms with Crippen molar-refractivity contribution in [2.75, 3.05) is 78.9 Å². The molecule has 0 aliphatic carbocycles. The van der Waals surface area contributed by atoms with E-state index in [-0.39, 0.29) is 69.9 Å². The van der Waals surface area contributed by atoms with Crippen LogP contribution >= 0.6 is 0 Å². The molecule has 3 aliphatic heterocycles. The summed E-state index contributed by atoms with van der Waals surface area (Å²) in [6, 6.07) is -3.49. The van der Waals surface area contributed by atoms with Gasteiger partial charge in [0.15, 0.2) is 55.5 Å². The molecule has 3 aliphatic rings. The summed E-state index contributed by atoms with van der Waals surface area (Å²) in [4.78, 5) is 187. The molecule has 0 aromatic heterocycles. The van der Waals surface area contributed by atoms with Crippen LogP contribution in [0.2, 0.25) is 0 Å². The molecule has 0 aromatic carbocycles. The van der Waals surface area contributed by atoms with Crippen LogP contribution in [0.4, 0.5) is 0 Å². The first-order chi connectivity index (χ1) is 48.8. The number of unbranched alkanes of at least 4 members (excludes halogenated alkanes) is 3. The highest BCUT2D eigenvalue weighted by Gasteiger charge is 2.54. The molecule has 6 N–H and O–H groups in total. The van der Waals surface area contributed by atoms with Gasteiger partial charge in [0.25, 0.3) is 0 Å². The standard InChI is InChI=1S/C66H105N7O30/c1-37(74)70-55-61(98-46(10)83)58(95-43(7)80)49(34-92-40(4)77)101-64(55)89-31-16-13-22-52(86)68-27-19-25-67-26-20-29-73(54(88)24-15-18-33-91-66-57(72-39(3)76)63(100-48(12)85)60(97-45(9)82)51(103-66)36-94-42(6)79)30-21-28-69-53(87)23-14-17-32-90-65-56(71-38(2)75)62(99-47(11)84)59(96-44(8)81)50(102-65)35-93-41(5)78/h49-51,55-67H,13-36H2,1-12H3,(H,68,86)(H,69,87)(H,70,74)(H,71,75)(H,72,76)/t49?,50?,51?,55?,56-,57?,58-,59-,60-,61?,62?,63?,64+,65+,66+/m0/s1. The van der Waals surface area contributed by atoms with Crippen LogP contribution in [0.3, 0.4) is 0 Å². The molecule has 584 valence electrons. The van der Waals surface area contributed by atoms with Crippen molar-refractivity contribution in [3.8, 4) is 0 Å². The van der Waals surface area contributed by atoms with E-state index in [0.717, 1.165) is 55.4 Å². The lowest BCUT2D eigenvalue weighted by Gasteiger charge is -2.44. The van der Waals surface area contributed by atoms with Gasteiger partial charge in [-0.1, -0.05) is 0 Å². The van der Waals surface area contributed by atoms with E-state index < -0.39 is 183 Å². The minimum absolute atomic E-state index is 0.00663. The van der Waals surface area contributed by atoms with Crippen LogP contribution < -0.4 is 31.9 Å². The number of esters is 9. The Kier molecular flexibility index (Phi) is 41.4. The van der Waals surface area contributed by atoms with Gasteiger partial charge < -0.3 is 108 Å². The highest BCUT2D eigenvalue weighted by Crippen LogP contribution is 2.32. The SMILES string of the molecule is CC(=O)NC1C(OC(C)=O)[C@@H](OC(C)=O)C(COC(C)=O)O[C@H]1OCCCCC(=O)NCCCNCCCN(CCCNC(=O)CCCCO[C@@H]1OC(COC(C)=O)[C@H](OC(C)=O)C(OC(C)=O)[C@@H]1NC(C)=O)C(=O)CCCCO[C@@H]1OC(COC(C)=O)[C@H](OC(C)=O)C(OC(C)=O)C1NC(C)=O. The highest BCUT2D eigenvalue weighted by molar-refractivity contribution is 5.78. The maximum atomic E-state index is 13.9. The number of nitrogens with one attached hydrogen (secondary N) is 6. The Morgan fingerprint density at radius 1 is 0.320 bits per heavy atom. The van der Waals surface area contributed by atoms with Crippen molar-refractivity contribution >= 4 is 89.2 Å². The Morgan fingerprint density at radius 2 is 0.602 bits per heavy atom. The Bertz CT molecular complexity index is 2810. The summed E-state index contributed by atoms with van der Waals surface area (Å²) < 4.78 is 84.5. The number of amides is 6. The van der Waals surface area contributed by atoms with Gasteiger partial charge >= 0.3 is 53.7 Å². The van der Waals surface area contributed by atoms with Crippen molar-refractivity contribution in [1.82, 2.24) is 36.8 Å². The third kappa shape index (κ3) is 35.7. The molecule has 8 unspecified atom stereocenters. The highest BCUT2D eigenvalue weighted by atomic mass is 16.7. The zero-order chi connectivity index (χ0) is 76.7. The van der Waals surface area contributed by atoms with Crippen molar-refractivity contribution in [2.24, 2.45) is 0 Å². The molecule has 37 nitrogen and oxygen atoms in total. The van der Waals surface area contributed by atoms with Crippen molar-refractivity contribution in [2.45, 2.75) is 252 Å². The normalized spacial score (nSPS) is 24.2. The Hall–Kier alpha value is -8.23. The first kappa shape index (κ1) is 89.0. The zero-order valence-electron chi connectivity index (χ0n) is 60.8. The Labute approximate surface area is 598 Å². The first-order valence-corrected chi connectivity index (χ1v) is 34.3. The third-order valence-corrected chi connectivity index (χ3v) is 15.4. The van der Waals surface area contributed by atoms with Crippen LogP contribution in [0.15, 0.2) is 0 Å². The average molecular weight is 1480 g/mol. The third-order valence-electron chi connectivity index (χ3n) is 15.4. The molecule has 3 saturated heterocycles. The van der Waals surface area contributed by atoms with Gasteiger partial charge in [0.1, 0.15) is 56.3 Å². The van der Waals surface area contributed by atoms with E-state index in [1.54, 1.807) is 4.90 Å². The molecule has 0 spiro atoms. The van der Waals surface area contributed by atoms with Crippen LogP contribution in [-0.4, -0.2) is 265 Å². The van der Waals surface area contributed by atoms with Gasteiger partial charge in [0.2, 0.25) is 35.4 Å². The molecule has 0 bridgehead atoms. The largest absolute Gasteiger partial charge is 0.463 e. The van der Waals surface area contributed by atoms with Crippen LogP contribution in [0, 0.1) is 0 Å². The first-order valence-electron chi connectivity index (χ1n) is 34.3. The monoisotopic (exact) mass is 1480 g/mol. The summed E-state index contributed by atoms with van der Waals surface area (Å²) in [5.74, 6) is -8.91. The second-order valence-electron chi connectivity index (χ2n) is 24.5. The molecule has 3 fully saturated rings. The van der Waals surface area contributed by atoms with E-state index in [9.17, 15) is 71.9 Å². The predicted octanol–water partition coefficient (Wildman–Crippen LogP) is -0.664. The summed E-state index contributed by atoms with van der Waals surface area (Å²) in [6.45, 7) is 14.8. The second-order valence-corrected chi connectivity index (χ2v) is 24.5. The van der Waals surface area contributed by atoms with E-state index in [0.29, 0.717) is 84.0 Å². The van der Waals surface area contributed by atoms with Crippen molar-refractivity contribution in [3.05, 3.63) is 0 Å². The molecule has 0 radical (unpaired) electrons. The van der Waals surface area contributed by atoms with Crippen LogP contribution in [-0.2, 0) is 143 Å². The van der Waals surface area contributed by atoms with Gasteiger partial charge in [-0.05, 0) is 70.9 Å². The fourth-order valence-corrected chi connectivity index (χ4v) is 11.2. The minimum Gasteiger partial charge on any atom is -0.463 e. The summed E-state index contributed by atoms with van der Waals surface area (Å²) in [5.41, 5.74) is 0. The molecule has 6 amide bonds. The van der Waals surface area contributed by atoms with Crippen molar-refractivity contribution < 1.29 is 143 Å². The van der Waals surface area contributed by atoms with E-state index >= 15 is 0 Å². The number of nitrogens with zero attached hydrogens (tertiary/aromatic N) is 1. The van der Waals surface area contributed by atoms with Crippen molar-refractivity contribution in [3.63, 3.8) is 0 Å². The van der Waals surface area contributed by atoms with Crippen LogP contribution in [0.5, 0.6) is 0 Å². The Balaban J connectivity index is 1.59. The molecule has 0 aromatic rings. The minimum atomic E-state index is -1.33. The number of rotatable bonds is 45. The van der Waals surface area contributed by atoms with Gasteiger partial charge in [-0.15, -0.1) is 0 Å². The predicted molar refractivity (Wildman–Crippen MR) is 351 cm³/mol. The Morgan fingerprint density at radius 3 is 0.903 bits per heavy atom. The summed E-state index contributed by atoms with van der Waals surface area (Å²) in [6.07, 6.45) is -11.3. The number of carbonyl (C=O) groups is 15. The maximum Gasteiger partial charge on any atom is 0.303 e. The molecular weight excluding hydrogens is 1370 g/mol. The number of carbonyl (C=O) groups excluding carboxylic acids is 15.